The minimum absolute atomic E-state index is 0.103. The van der Waals surface area contributed by atoms with Gasteiger partial charge >= 0.3 is 39.5 Å². The average molecular weight is 1260 g/mol. The van der Waals surface area contributed by atoms with Crippen molar-refractivity contribution in [2.45, 2.75) is 337 Å². The number of phosphoric ester groups is 2. The third-order valence-electron chi connectivity index (χ3n) is 15.8. The predicted molar refractivity (Wildman–Crippen MR) is 340 cm³/mol. The molecule has 3 N–H and O–H groups in total. The molecule has 7 atom stereocenters. The van der Waals surface area contributed by atoms with Crippen LogP contribution in [0.2, 0.25) is 0 Å². The first-order chi connectivity index (χ1) is 40.7. The number of rotatable bonds is 63. The molecule has 0 aliphatic rings. The summed E-state index contributed by atoms with van der Waals surface area (Å²) in [6, 6.07) is 0. The molecule has 4 unspecified atom stereocenters. The molecule has 0 saturated heterocycles. The summed E-state index contributed by atoms with van der Waals surface area (Å²) in [5.41, 5.74) is 0. The van der Waals surface area contributed by atoms with Gasteiger partial charge in [-0.05, 0) is 49.4 Å². The van der Waals surface area contributed by atoms with Gasteiger partial charge in [0, 0.05) is 25.7 Å². The van der Waals surface area contributed by atoms with Crippen molar-refractivity contribution >= 4 is 39.5 Å². The highest BCUT2D eigenvalue weighted by Crippen LogP contribution is 2.45. The maximum Gasteiger partial charge on any atom is 0.472 e. The molecule has 0 spiro atoms. The number of ether oxygens (including phenoxy) is 4. The lowest BCUT2D eigenvalue weighted by Gasteiger charge is -2.21. The molecule has 0 aliphatic heterocycles. The number of hydrogen-bond acceptors (Lipinski definition) is 15. The lowest BCUT2D eigenvalue weighted by molar-refractivity contribution is -0.161. The zero-order valence-electron chi connectivity index (χ0n) is 55.2. The molecule has 0 aromatic carbocycles. The SMILES string of the molecule is CCC(C)CCCCCCCCCCC(=O)O[C@H](COC(=O)CCCCCCCCC(C)CC)COP(=O)(O)OC[C@H](O)COP(=O)(O)OC[C@@H](COC(=O)CCCCCCCCC(C)C)OC(=O)CCCCCCCCCCCCCC(C)C. The summed E-state index contributed by atoms with van der Waals surface area (Å²) in [6.07, 6.45) is 36.3. The first kappa shape index (κ1) is 83.1. The fourth-order valence-electron chi connectivity index (χ4n) is 9.72. The van der Waals surface area contributed by atoms with Crippen LogP contribution in [0.25, 0.3) is 0 Å². The minimum Gasteiger partial charge on any atom is -0.462 e. The van der Waals surface area contributed by atoms with Crippen LogP contribution in [0.1, 0.15) is 319 Å². The van der Waals surface area contributed by atoms with Crippen molar-refractivity contribution in [3.8, 4) is 0 Å². The van der Waals surface area contributed by atoms with E-state index in [1.165, 1.54) is 109 Å². The molecule has 504 valence electrons. The van der Waals surface area contributed by atoms with Gasteiger partial charge in [0.15, 0.2) is 12.2 Å². The molecule has 17 nitrogen and oxygen atoms in total. The Morgan fingerprint density at radius 3 is 0.835 bits per heavy atom. The van der Waals surface area contributed by atoms with Crippen molar-refractivity contribution in [2.24, 2.45) is 23.7 Å². The molecule has 0 rings (SSSR count). The van der Waals surface area contributed by atoms with E-state index < -0.39 is 97.5 Å². The molecule has 0 saturated carbocycles. The summed E-state index contributed by atoms with van der Waals surface area (Å²) in [6.45, 7) is 14.0. The van der Waals surface area contributed by atoms with Crippen molar-refractivity contribution < 1.29 is 80.2 Å². The third kappa shape index (κ3) is 58.2. The molecule has 0 aliphatic carbocycles. The Morgan fingerprint density at radius 1 is 0.329 bits per heavy atom. The van der Waals surface area contributed by atoms with E-state index in [1.54, 1.807) is 0 Å². The zero-order valence-corrected chi connectivity index (χ0v) is 57.0. The third-order valence-corrected chi connectivity index (χ3v) is 17.7. The molecule has 0 aromatic heterocycles. The Hall–Kier alpha value is -1.94. The van der Waals surface area contributed by atoms with Gasteiger partial charge in [-0.2, -0.15) is 0 Å². The van der Waals surface area contributed by atoms with Gasteiger partial charge in [-0.25, -0.2) is 9.13 Å². The van der Waals surface area contributed by atoms with Crippen molar-refractivity contribution in [3.05, 3.63) is 0 Å². The van der Waals surface area contributed by atoms with Crippen LogP contribution in [0.15, 0.2) is 0 Å². The molecule has 0 fully saturated rings. The Morgan fingerprint density at radius 2 is 0.565 bits per heavy atom. The number of carbonyl (C=O) groups excluding carboxylic acids is 4. The van der Waals surface area contributed by atoms with Crippen LogP contribution in [0, 0.1) is 23.7 Å². The van der Waals surface area contributed by atoms with Crippen LogP contribution in [0.5, 0.6) is 0 Å². The van der Waals surface area contributed by atoms with Crippen LogP contribution in [0.4, 0.5) is 0 Å². The first-order valence-electron chi connectivity index (χ1n) is 34.3. The van der Waals surface area contributed by atoms with Crippen molar-refractivity contribution in [1.82, 2.24) is 0 Å². The van der Waals surface area contributed by atoms with E-state index in [4.69, 9.17) is 37.0 Å². The van der Waals surface area contributed by atoms with E-state index in [1.807, 2.05) is 0 Å². The number of hydrogen-bond donors (Lipinski definition) is 3. The van der Waals surface area contributed by atoms with Crippen LogP contribution in [-0.2, 0) is 65.4 Å². The number of aliphatic hydroxyl groups excluding tert-OH is 1. The quantitative estimate of drug-likeness (QED) is 0.0222. The van der Waals surface area contributed by atoms with Crippen LogP contribution in [0.3, 0.4) is 0 Å². The normalized spacial score (nSPS) is 15.0. The van der Waals surface area contributed by atoms with Crippen molar-refractivity contribution in [3.63, 3.8) is 0 Å². The van der Waals surface area contributed by atoms with Gasteiger partial charge in [0.1, 0.15) is 19.3 Å². The van der Waals surface area contributed by atoms with E-state index in [2.05, 4.69) is 55.4 Å². The molecule has 0 amide bonds. The number of esters is 4. The van der Waals surface area contributed by atoms with E-state index in [0.29, 0.717) is 31.6 Å². The molecule has 0 heterocycles. The second kappa shape index (κ2) is 56.1. The van der Waals surface area contributed by atoms with Gasteiger partial charge in [0.2, 0.25) is 0 Å². The molecule has 0 radical (unpaired) electrons. The monoisotopic (exact) mass is 1250 g/mol. The summed E-state index contributed by atoms with van der Waals surface area (Å²) in [7, 11) is -9.89. The minimum atomic E-state index is -4.95. The molecule has 19 heteroatoms. The smallest absolute Gasteiger partial charge is 0.462 e. The van der Waals surface area contributed by atoms with E-state index in [9.17, 15) is 43.2 Å². The maximum absolute atomic E-state index is 13.0. The van der Waals surface area contributed by atoms with Gasteiger partial charge < -0.3 is 33.8 Å². The van der Waals surface area contributed by atoms with Gasteiger partial charge in [-0.1, -0.05) is 267 Å². The number of unbranched alkanes of at least 4 members (excludes halogenated alkanes) is 27. The summed E-state index contributed by atoms with van der Waals surface area (Å²) >= 11 is 0. The van der Waals surface area contributed by atoms with E-state index >= 15 is 0 Å². The fraction of sp³-hybridized carbons (Fsp3) is 0.939. The van der Waals surface area contributed by atoms with Crippen LogP contribution < -0.4 is 0 Å². The van der Waals surface area contributed by atoms with Crippen molar-refractivity contribution in [2.75, 3.05) is 39.6 Å². The zero-order chi connectivity index (χ0) is 63.2. The first-order valence-corrected chi connectivity index (χ1v) is 37.3. The van der Waals surface area contributed by atoms with E-state index in [0.717, 1.165) is 120 Å². The Balaban J connectivity index is 5.26. The molecule has 0 bridgehead atoms. The molecule has 85 heavy (non-hydrogen) atoms. The lowest BCUT2D eigenvalue weighted by Crippen LogP contribution is -2.30. The molecular formula is C66H128O17P2. The predicted octanol–water partition coefficient (Wildman–Crippen LogP) is 18.1. The highest BCUT2D eigenvalue weighted by Gasteiger charge is 2.30. The Kier molecular flexibility index (Phi) is 54.8. The van der Waals surface area contributed by atoms with Crippen molar-refractivity contribution in [1.29, 1.82) is 0 Å². The summed E-state index contributed by atoms with van der Waals surface area (Å²) < 4.78 is 68.1. The Bertz CT molecular complexity index is 1700. The number of aliphatic hydroxyl groups is 1. The number of phosphoric acid groups is 2. The number of carbonyl (C=O) groups is 4. The average Bonchev–Trinajstić information content (AvgIpc) is 3.58. The largest absolute Gasteiger partial charge is 0.472 e. The lowest BCUT2D eigenvalue weighted by atomic mass is 9.99. The fourth-order valence-corrected chi connectivity index (χ4v) is 11.3. The van der Waals surface area contributed by atoms with Gasteiger partial charge in [-0.3, -0.25) is 37.3 Å². The maximum atomic E-state index is 13.0. The summed E-state index contributed by atoms with van der Waals surface area (Å²) in [4.78, 5) is 72.3. The Labute approximate surface area is 517 Å². The second-order valence-electron chi connectivity index (χ2n) is 25.3. The topological polar surface area (TPSA) is 237 Å². The van der Waals surface area contributed by atoms with Crippen LogP contribution >= 0.6 is 15.6 Å². The standard InChI is InChI=1S/C66H128O17P2/c1-9-58(7)44-36-28-19-16-17-21-33-41-49-66(71)83-62(53-77-64(69)47-39-31-25-23-29-37-45-59(8)10-2)55-81-85(74,75)79-51-60(67)50-78-84(72,73)80-54-61(52-76-63(68)46-38-30-24-22-27-35-43-57(5)6)82-65(70)48-40-32-20-15-13-11-12-14-18-26-34-42-56(3)4/h56-62,67H,9-55H2,1-8H3,(H,72,73)(H,74,75)/t58?,59?,60-,61-,62-/m1/s1. The highest BCUT2D eigenvalue weighted by molar-refractivity contribution is 7.47. The highest BCUT2D eigenvalue weighted by atomic mass is 31.2. The summed E-state index contributed by atoms with van der Waals surface area (Å²) in [5.74, 6) is 0.806. The van der Waals surface area contributed by atoms with Crippen LogP contribution in [-0.4, -0.2) is 96.7 Å². The van der Waals surface area contributed by atoms with Gasteiger partial charge in [0.25, 0.3) is 0 Å². The second-order valence-corrected chi connectivity index (χ2v) is 28.2. The summed E-state index contributed by atoms with van der Waals surface area (Å²) in [5, 5.41) is 10.6. The molecule has 0 aromatic rings. The van der Waals surface area contributed by atoms with Gasteiger partial charge in [0.05, 0.1) is 26.4 Å². The van der Waals surface area contributed by atoms with Gasteiger partial charge in [-0.15, -0.1) is 0 Å². The van der Waals surface area contributed by atoms with E-state index in [-0.39, 0.29) is 25.7 Å². The molecular weight excluding hydrogens is 1130 g/mol.